The first-order chi connectivity index (χ1) is 12.1. The Morgan fingerprint density at radius 2 is 2.16 bits per heavy atom. The van der Waals surface area contributed by atoms with Crippen molar-refractivity contribution in [2.45, 2.75) is 32.0 Å². The highest BCUT2D eigenvalue weighted by atomic mass is 16.3. The number of nitrogens with two attached hydrogens (primary N) is 1. The Balaban J connectivity index is 1.57. The van der Waals surface area contributed by atoms with Crippen molar-refractivity contribution >= 4 is 16.8 Å². The van der Waals surface area contributed by atoms with E-state index >= 15 is 0 Å². The van der Waals surface area contributed by atoms with Gasteiger partial charge >= 0.3 is 0 Å². The molecule has 0 aliphatic rings. The summed E-state index contributed by atoms with van der Waals surface area (Å²) in [6.07, 6.45) is 5.69. The van der Waals surface area contributed by atoms with Crippen LogP contribution in [0.3, 0.4) is 0 Å². The van der Waals surface area contributed by atoms with Crippen LogP contribution in [0.5, 0.6) is 0 Å². The summed E-state index contributed by atoms with van der Waals surface area (Å²) in [6.45, 7) is 1.08. The average Bonchev–Trinajstić information content (AvgIpc) is 3.20. The van der Waals surface area contributed by atoms with E-state index in [-0.39, 0.29) is 5.69 Å². The summed E-state index contributed by atoms with van der Waals surface area (Å²) < 4.78 is 3.70. The van der Waals surface area contributed by atoms with Gasteiger partial charge in [0.2, 0.25) is 0 Å². The Bertz CT molecular complexity index is 934. The summed E-state index contributed by atoms with van der Waals surface area (Å²) >= 11 is 0. The van der Waals surface area contributed by atoms with Gasteiger partial charge in [-0.25, -0.2) is 4.98 Å². The number of hydrogen-bond donors (Lipinski definition) is 2. The maximum Gasteiger partial charge on any atom is 0.268 e. The number of benzene rings is 1. The number of amides is 1. The molecule has 0 spiro atoms. The third-order valence-corrected chi connectivity index (χ3v) is 4.15. The lowest BCUT2D eigenvalue weighted by molar-refractivity contribution is 0.0995. The van der Waals surface area contributed by atoms with Crippen LogP contribution in [0.4, 0.5) is 0 Å². The van der Waals surface area contributed by atoms with Crippen LogP contribution < -0.4 is 5.73 Å². The molecule has 0 saturated carbocycles. The summed E-state index contributed by atoms with van der Waals surface area (Å²) in [5.41, 5.74) is 7.03. The molecule has 7 nitrogen and oxygen atoms in total. The monoisotopic (exact) mass is 337 g/mol. The lowest BCUT2D eigenvalue weighted by Crippen LogP contribution is -2.16. The van der Waals surface area contributed by atoms with E-state index < -0.39 is 12.0 Å². The van der Waals surface area contributed by atoms with E-state index in [0.29, 0.717) is 18.5 Å². The minimum atomic E-state index is -0.582. The normalized spacial score (nSPS) is 12.2. The van der Waals surface area contributed by atoms with Crippen LogP contribution in [0.1, 0.15) is 28.9 Å². The first kappa shape index (κ1) is 16.7. The fourth-order valence-corrected chi connectivity index (χ4v) is 2.94. The number of primary amides is 1. The lowest BCUT2D eigenvalue weighted by Gasteiger charge is -2.12. The summed E-state index contributed by atoms with van der Waals surface area (Å²) in [5.74, 6) is -0.582. The van der Waals surface area contributed by atoms with Gasteiger partial charge in [0.05, 0.1) is 18.0 Å². The topological polar surface area (TPSA) is 110 Å². The molecule has 3 N–H and O–H groups in total. The third-order valence-electron chi connectivity index (χ3n) is 4.15. The predicted molar refractivity (Wildman–Crippen MR) is 92.6 cm³/mol. The maximum atomic E-state index is 11.0. The molecule has 0 bridgehead atoms. The highest BCUT2D eigenvalue weighted by molar-refractivity contribution is 5.90. The molecule has 0 saturated heterocycles. The van der Waals surface area contributed by atoms with Crippen molar-refractivity contribution in [2.24, 2.45) is 5.73 Å². The molecule has 1 aromatic carbocycles. The summed E-state index contributed by atoms with van der Waals surface area (Å²) in [6, 6.07) is 10.0. The number of aromatic nitrogens is 3. The van der Waals surface area contributed by atoms with E-state index in [1.165, 1.54) is 12.5 Å². The molecule has 25 heavy (non-hydrogen) atoms. The molecule has 0 fully saturated rings. The molecule has 1 amide bonds. The van der Waals surface area contributed by atoms with Gasteiger partial charge in [0.25, 0.3) is 5.91 Å². The lowest BCUT2D eigenvalue weighted by atomic mass is 10.2. The molecular formula is C18H19N5O2. The zero-order chi connectivity index (χ0) is 17.8. The average molecular weight is 337 g/mol. The Morgan fingerprint density at radius 1 is 1.36 bits per heavy atom. The zero-order valence-corrected chi connectivity index (χ0v) is 13.7. The number of para-hydroxylation sites is 1. The molecule has 0 aliphatic heterocycles. The SMILES string of the molecule is N#Cc1cn(CCC[C@H](O)Cn2cnc(C(N)=O)c2)c2ccccc12. The van der Waals surface area contributed by atoms with Gasteiger partial charge in [-0.3, -0.25) is 4.79 Å². The number of imidazole rings is 1. The molecule has 7 heteroatoms. The van der Waals surface area contributed by atoms with E-state index in [9.17, 15) is 15.2 Å². The number of carbonyl (C=O) groups is 1. The van der Waals surface area contributed by atoms with E-state index in [2.05, 4.69) is 11.1 Å². The first-order valence-electron chi connectivity index (χ1n) is 8.06. The minimum absolute atomic E-state index is 0.190. The maximum absolute atomic E-state index is 11.0. The number of hydrogen-bond acceptors (Lipinski definition) is 4. The van der Waals surface area contributed by atoms with Gasteiger partial charge in [0.15, 0.2) is 0 Å². The van der Waals surface area contributed by atoms with Crippen LogP contribution >= 0.6 is 0 Å². The molecule has 0 aliphatic carbocycles. The third kappa shape index (κ3) is 3.70. The molecule has 0 radical (unpaired) electrons. The summed E-state index contributed by atoms with van der Waals surface area (Å²) in [5, 5.41) is 20.3. The van der Waals surface area contributed by atoms with Crippen LogP contribution in [0.15, 0.2) is 43.0 Å². The van der Waals surface area contributed by atoms with Gasteiger partial charge in [-0.2, -0.15) is 5.26 Å². The van der Waals surface area contributed by atoms with Gasteiger partial charge in [0.1, 0.15) is 11.8 Å². The van der Waals surface area contributed by atoms with Gasteiger partial charge in [0, 0.05) is 36.4 Å². The van der Waals surface area contributed by atoms with E-state index in [1.807, 2.05) is 35.0 Å². The largest absolute Gasteiger partial charge is 0.391 e. The fraction of sp³-hybridized carbons (Fsp3) is 0.278. The quantitative estimate of drug-likeness (QED) is 0.683. The van der Waals surface area contributed by atoms with Crippen LogP contribution in [-0.4, -0.2) is 31.2 Å². The molecular weight excluding hydrogens is 318 g/mol. The van der Waals surface area contributed by atoms with Gasteiger partial charge in [-0.15, -0.1) is 0 Å². The predicted octanol–water partition coefficient (Wildman–Crippen LogP) is 1.65. The van der Waals surface area contributed by atoms with Gasteiger partial charge in [-0.05, 0) is 18.9 Å². The zero-order valence-electron chi connectivity index (χ0n) is 13.7. The van der Waals surface area contributed by atoms with Crippen molar-refractivity contribution in [1.82, 2.24) is 14.1 Å². The smallest absolute Gasteiger partial charge is 0.268 e. The number of aliphatic hydroxyl groups is 1. The molecule has 3 aromatic rings. The van der Waals surface area contributed by atoms with Crippen LogP contribution in [0, 0.1) is 11.3 Å². The fourth-order valence-electron chi connectivity index (χ4n) is 2.94. The van der Waals surface area contributed by atoms with Crippen molar-refractivity contribution in [2.75, 3.05) is 0 Å². The highest BCUT2D eigenvalue weighted by Crippen LogP contribution is 2.21. The van der Waals surface area contributed by atoms with Crippen molar-refractivity contribution in [1.29, 1.82) is 5.26 Å². The molecule has 2 aromatic heterocycles. The van der Waals surface area contributed by atoms with Crippen LogP contribution in [0.25, 0.3) is 10.9 Å². The second-order valence-corrected chi connectivity index (χ2v) is 5.98. The molecule has 3 rings (SSSR count). The highest BCUT2D eigenvalue weighted by Gasteiger charge is 2.10. The Labute approximate surface area is 144 Å². The number of nitrogens with zero attached hydrogens (tertiary/aromatic N) is 4. The standard InChI is InChI=1S/C18H19N5O2/c19-8-13-9-23(17-6-2-1-5-15(13)17)7-3-4-14(24)10-22-11-16(18(20)25)21-12-22/h1-2,5-6,9,11-12,14,24H,3-4,7,10H2,(H2,20,25)/t14-/m0/s1. The molecule has 0 unspecified atom stereocenters. The molecule has 128 valence electrons. The van der Waals surface area contributed by atoms with Gasteiger partial charge in [-0.1, -0.05) is 18.2 Å². The Kier molecular flexibility index (Phi) is 4.82. The van der Waals surface area contributed by atoms with Crippen LogP contribution in [-0.2, 0) is 13.1 Å². The van der Waals surface area contributed by atoms with Crippen molar-refractivity contribution < 1.29 is 9.90 Å². The van der Waals surface area contributed by atoms with E-state index in [1.54, 1.807) is 4.57 Å². The number of nitriles is 1. The van der Waals surface area contributed by atoms with Crippen molar-refractivity contribution in [3.8, 4) is 6.07 Å². The summed E-state index contributed by atoms with van der Waals surface area (Å²) in [7, 11) is 0. The van der Waals surface area contributed by atoms with Gasteiger partial charge < -0.3 is 20.0 Å². The second-order valence-electron chi connectivity index (χ2n) is 5.98. The van der Waals surface area contributed by atoms with Crippen molar-refractivity contribution in [3.63, 3.8) is 0 Å². The number of carbonyl (C=O) groups excluding carboxylic acids is 1. The Hall–Kier alpha value is -3.11. The molecule has 1 atom stereocenters. The number of aryl methyl sites for hydroxylation is 1. The number of rotatable bonds is 7. The van der Waals surface area contributed by atoms with E-state index in [4.69, 9.17) is 5.73 Å². The van der Waals surface area contributed by atoms with Crippen molar-refractivity contribution in [3.05, 3.63) is 54.2 Å². The number of aliphatic hydroxyl groups excluding tert-OH is 1. The number of fused-ring (bicyclic) bond motifs is 1. The van der Waals surface area contributed by atoms with E-state index in [0.717, 1.165) is 23.9 Å². The second kappa shape index (κ2) is 7.20. The minimum Gasteiger partial charge on any atom is -0.391 e. The Morgan fingerprint density at radius 3 is 2.88 bits per heavy atom. The molecule has 2 heterocycles. The first-order valence-corrected chi connectivity index (χ1v) is 8.06. The van der Waals surface area contributed by atoms with Crippen LogP contribution in [0.2, 0.25) is 0 Å². The summed E-state index contributed by atoms with van der Waals surface area (Å²) in [4.78, 5) is 14.9.